The summed E-state index contributed by atoms with van der Waals surface area (Å²) in [6.45, 7) is 4.07. The molecule has 3 fully saturated rings. The zero-order valence-corrected chi connectivity index (χ0v) is 13.7. The third-order valence-corrected chi connectivity index (χ3v) is 6.06. The minimum Gasteiger partial charge on any atom is -0.336 e. The average molecular weight is 292 g/mol. The molecule has 0 spiro atoms. The SMILES string of the molecule is CC1(C(=O)N(C2CCCCC2)C2CCCCC2)CCNC1. The van der Waals surface area contributed by atoms with Crippen molar-refractivity contribution in [3.63, 3.8) is 0 Å². The third kappa shape index (κ3) is 3.28. The van der Waals surface area contributed by atoms with E-state index in [1.165, 1.54) is 64.2 Å². The highest BCUT2D eigenvalue weighted by Crippen LogP contribution is 2.36. The van der Waals surface area contributed by atoms with Crippen molar-refractivity contribution in [3.05, 3.63) is 0 Å². The van der Waals surface area contributed by atoms with Gasteiger partial charge in [0.05, 0.1) is 5.41 Å². The van der Waals surface area contributed by atoms with E-state index in [4.69, 9.17) is 0 Å². The summed E-state index contributed by atoms with van der Waals surface area (Å²) in [5, 5.41) is 3.41. The molecule has 0 aromatic heterocycles. The molecule has 3 aliphatic rings. The number of hydrogen-bond donors (Lipinski definition) is 1. The van der Waals surface area contributed by atoms with Crippen molar-refractivity contribution in [3.8, 4) is 0 Å². The standard InChI is InChI=1S/C18H32N2O/c1-18(12-13-19-14-18)17(21)20(15-8-4-2-5-9-15)16-10-6-3-7-11-16/h15-16,19H,2-14H2,1H3. The van der Waals surface area contributed by atoms with Crippen molar-refractivity contribution in [1.29, 1.82) is 0 Å². The zero-order valence-electron chi connectivity index (χ0n) is 13.7. The van der Waals surface area contributed by atoms with E-state index in [0.717, 1.165) is 19.5 Å². The number of nitrogens with zero attached hydrogens (tertiary/aromatic N) is 1. The lowest BCUT2D eigenvalue weighted by Crippen LogP contribution is -2.54. The van der Waals surface area contributed by atoms with Crippen LogP contribution in [0, 0.1) is 5.41 Å². The van der Waals surface area contributed by atoms with Gasteiger partial charge in [0.2, 0.25) is 5.91 Å². The minimum atomic E-state index is -0.144. The molecule has 2 saturated carbocycles. The van der Waals surface area contributed by atoms with E-state index < -0.39 is 0 Å². The first-order valence-corrected chi connectivity index (χ1v) is 9.24. The highest BCUT2D eigenvalue weighted by molar-refractivity contribution is 5.83. The minimum absolute atomic E-state index is 0.144. The number of rotatable bonds is 3. The van der Waals surface area contributed by atoms with Gasteiger partial charge in [-0.3, -0.25) is 4.79 Å². The second-order valence-electron chi connectivity index (χ2n) is 7.78. The van der Waals surface area contributed by atoms with Crippen LogP contribution in [0.5, 0.6) is 0 Å². The van der Waals surface area contributed by atoms with E-state index in [1.807, 2.05) is 0 Å². The second kappa shape index (κ2) is 6.68. The fraction of sp³-hybridized carbons (Fsp3) is 0.944. The van der Waals surface area contributed by atoms with Crippen LogP contribution in [-0.4, -0.2) is 36.0 Å². The molecule has 120 valence electrons. The summed E-state index contributed by atoms with van der Waals surface area (Å²) < 4.78 is 0. The summed E-state index contributed by atoms with van der Waals surface area (Å²) in [5.41, 5.74) is -0.144. The lowest BCUT2D eigenvalue weighted by Gasteiger charge is -2.45. The molecular weight excluding hydrogens is 260 g/mol. The van der Waals surface area contributed by atoms with Crippen LogP contribution in [0.4, 0.5) is 0 Å². The fourth-order valence-corrected chi connectivity index (χ4v) is 4.66. The molecule has 1 unspecified atom stereocenters. The Balaban J connectivity index is 1.78. The molecule has 3 nitrogen and oxygen atoms in total. The van der Waals surface area contributed by atoms with Crippen LogP contribution in [0.3, 0.4) is 0 Å². The number of hydrogen-bond acceptors (Lipinski definition) is 2. The van der Waals surface area contributed by atoms with E-state index >= 15 is 0 Å². The second-order valence-corrected chi connectivity index (χ2v) is 7.78. The monoisotopic (exact) mass is 292 g/mol. The molecule has 1 atom stereocenters. The average Bonchev–Trinajstić information content (AvgIpc) is 2.98. The summed E-state index contributed by atoms with van der Waals surface area (Å²) >= 11 is 0. The lowest BCUT2D eigenvalue weighted by molar-refractivity contribution is -0.147. The van der Waals surface area contributed by atoms with Gasteiger partial charge in [0.15, 0.2) is 0 Å². The van der Waals surface area contributed by atoms with Crippen molar-refractivity contribution in [1.82, 2.24) is 10.2 Å². The van der Waals surface area contributed by atoms with E-state index in [1.54, 1.807) is 0 Å². The molecule has 1 aliphatic heterocycles. The van der Waals surface area contributed by atoms with E-state index in [2.05, 4.69) is 17.1 Å². The maximum absolute atomic E-state index is 13.4. The van der Waals surface area contributed by atoms with Gasteiger partial charge in [0.1, 0.15) is 0 Å². The number of amides is 1. The summed E-state index contributed by atoms with van der Waals surface area (Å²) in [4.78, 5) is 15.7. The number of carbonyl (C=O) groups is 1. The van der Waals surface area contributed by atoms with Crippen molar-refractivity contribution in [2.75, 3.05) is 13.1 Å². The van der Waals surface area contributed by atoms with Crippen molar-refractivity contribution in [2.24, 2.45) is 5.41 Å². The van der Waals surface area contributed by atoms with Gasteiger partial charge in [-0.15, -0.1) is 0 Å². The van der Waals surface area contributed by atoms with Gasteiger partial charge in [0, 0.05) is 18.6 Å². The van der Waals surface area contributed by atoms with Gasteiger partial charge in [0.25, 0.3) is 0 Å². The Hall–Kier alpha value is -0.570. The molecule has 0 aromatic carbocycles. The Morgan fingerprint density at radius 3 is 1.90 bits per heavy atom. The lowest BCUT2D eigenvalue weighted by atomic mass is 9.82. The molecular formula is C18H32N2O. The summed E-state index contributed by atoms with van der Waals surface area (Å²) in [6, 6.07) is 1.07. The number of carbonyl (C=O) groups excluding carboxylic acids is 1. The Morgan fingerprint density at radius 1 is 0.952 bits per heavy atom. The van der Waals surface area contributed by atoms with Crippen molar-refractivity contribution in [2.45, 2.75) is 89.6 Å². The maximum atomic E-state index is 13.4. The van der Waals surface area contributed by atoms with Gasteiger partial charge in [-0.2, -0.15) is 0 Å². The van der Waals surface area contributed by atoms with Crippen LogP contribution in [-0.2, 0) is 4.79 Å². The van der Waals surface area contributed by atoms with Crippen LogP contribution in [0.1, 0.15) is 77.6 Å². The Labute approximate surface area is 129 Å². The van der Waals surface area contributed by atoms with Gasteiger partial charge >= 0.3 is 0 Å². The van der Waals surface area contributed by atoms with Crippen LogP contribution in [0.25, 0.3) is 0 Å². The first-order chi connectivity index (χ1) is 10.2. The van der Waals surface area contributed by atoms with Crippen molar-refractivity contribution >= 4 is 5.91 Å². The Morgan fingerprint density at radius 2 is 1.48 bits per heavy atom. The smallest absolute Gasteiger partial charge is 0.230 e. The van der Waals surface area contributed by atoms with E-state index in [0.29, 0.717) is 18.0 Å². The maximum Gasteiger partial charge on any atom is 0.230 e. The topological polar surface area (TPSA) is 32.3 Å². The molecule has 1 saturated heterocycles. The molecule has 0 aromatic rings. The fourth-order valence-electron chi connectivity index (χ4n) is 4.66. The third-order valence-electron chi connectivity index (χ3n) is 6.06. The molecule has 3 rings (SSSR count). The van der Waals surface area contributed by atoms with E-state index in [9.17, 15) is 4.79 Å². The molecule has 2 aliphatic carbocycles. The van der Waals surface area contributed by atoms with Gasteiger partial charge in [-0.1, -0.05) is 38.5 Å². The molecule has 1 heterocycles. The molecule has 3 heteroatoms. The van der Waals surface area contributed by atoms with Crippen molar-refractivity contribution < 1.29 is 4.79 Å². The highest BCUT2D eigenvalue weighted by atomic mass is 16.2. The van der Waals surface area contributed by atoms with Crippen LogP contribution >= 0.6 is 0 Å². The quantitative estimate of drug-likeness (QED) is 0.863. The normalized spacial score (nSPS) is 32.2. The van der Waals surface area contributed by atoms with Crippen LogP contribution in [0.15, 0.2) is 0 Å². The van der Waals surface area contributed by atoms with Gasteiger partial charge in [-0.25, -0.2) is 0 Å². The van der Waals surface area contributed by atoms with E-state index in [-0.39, 0.29) is 5.41 Å². The Bertz CT molecular complexity index is 332. The molecule has 0 radical (unpaired) electrons. The predicted molar refractivity (Wildman–Crippen MR) is 86.2 cm³/mol. The predicted octanol–water partition coefficient (Wildman–Crippen LogP) is 3.48. The number of nitrogens with one attached hydrogen (secondary N) is 1. The van der Waals surface area contributed by atoms with Gasteiger partial charge < -0.3 is 10.2 Å². The first kappa shape index (κ1) is 15.3. The largest absolute Gasteiger partial charge is 0.336 e. The molecule has 0 bridgehead atoms. The zero-order chi connectivity index (χ0) is 14.7. The molecule has 21 heavy (non-hydrogen) atoms. The first-order valence-electron chi connectivity index (χ1n) is 9.24. The van der Waals surface area contributed by atoms with Crippen LogP contribution < -0.4 is 5.32 Å². The Kier molecular flexibility index (Phi) is 4.88. The molecule has 1 amide bonds. The van der Waals surface area contributed by atoms with Crippen LogP contribution in [0.2, 0.25) is 0 Å². The molecule has 1 N–H and O–H groups in total. The highest BCUT2D eigenvalue weighted by Gasteiger charge is 2.43. The summed E-state index contributed by atoms with van der Waals surface area (Å²) in [7, 11) is 0. The summed E-state index contributed by atoms with van der Waals surface area (Å²) in [6.07, 6.45) is 14.0. The van der Waals surface area contributed by atoms with Gasteiger partial charge in [-0.05, 0) is 45.6 Å². The summed E-state index contributed by atoms with van der Waals surface area (Å²) in [5.74, 6) is 0.464.